The first-order chi connectivity index (χ1) is 6.68. The van der Waals surface area contributed by atoms with Crippen LogP contribution in [0.15, 0.2) is 29.2 Å². The van der Waals surface area contributed by atoms with Gasteiger partial charge in [0.1, 0.15) is 0 Å². The molecule has 0 saturated heterocycles. The summed E-state index contributed by atoms with van der Waals surface area (Å²) in [6.45, 7) is 2.38. The molecule has 76 valence electrons. The van der Waals surface area contributed by atoms with Crippen LogP contribution in [0.25, 0.3) is 0 Å². The first kappa shape index (κ1) is 9.91. The molecule has 1 saturated carbocycles. The number of nitrogen functional groups attached to an aromatic ring is 1. The van der Waals surface area contributed by atoms with Gasteiger partial charge in [-0.2, -0.15) is 0 Å². The van der Waals surface area contributed by atoms with E-state index in [1.165, 1.54) is 29.9 Å². The molecule has 0 radical (unpaired) electrons. The van der Waals surface area contributed by atoms with Gasteiger partial charge in [-0.3, -0.25) is 0 Å². The van der Waals surface area contributed by atoms with Crippen molar-refractivity contribution in [2.24, 2.45) is 5.41 Å². The van der Waals surface area contributed by atoms with Crippen LogP contribution in [0.2, 0.25) is 0 Å². The molecule has 2 N–H and O–H groups in total. The molecule has 2 rings (SSSR count). The van der Waals surface area contributed by atoms with Gasteiger partial charge in [-0.15, -0.1) is 11.8 Å². The van der Waals surface area contributed by atoms with Gasteiger partial charge in [0, 0.05) is 16.3 Å². The highest BCUT2D eigenvalue weighted by Gasteiger charge is 2.31. The lowest BCUT2D eigenvalue weighted by Gasteiger charge is -2.38. The fraction of sp³-hybridized carbons (Fsp3) is 0.500. The van der Waals surface area contributed by atoms with E-state index in [0.717, 1.165) is 5.69 Å². The zero-order chi connectivity index (χ0) is 10.0. The minimum absolute atomic E-state index is 0.593. The molecule has 0 aromatic heterocycles. The van der Waals surface area contributed by atoms with Crippen LogP contribution in [0, 0.1) is 5.41 Å². The normalized spacial score (nSPS) is 18.9. The molecule has 1 aliphatic carbocycles. The predicted octanol–water partition coefficient (Wildman–Crippen LogP) is 3.55. The summed E-state index contributed by atoms with van der Waals surface area (Å²) in [5.41, 5.74) is 7.19. The number of benzene rings is 1. The van der Waals surface area contributed by atoms with E-state index in [-0.39, 0.29) is 0 Å². The van der Waals surface area contributed by atoms with Crippen molar-refractivity contribution in [1.82, 2.24) is 0 Å². The van der Waals surface area contributed by atoms with Crippen molar-refractivity contribution >= 4 is 17.4 Å². The van der Waals surface area contributed by atoms with Gasteiger partial charge in [-0.25, -0.2) is 0 Å². The monoisotopic (exact) mass is 207 g/mol. The Morgan fingerprint density at radius 1 is 1.43 bits per heavy atom. The molecular formula is C12H17NS. The lowest BCUT2D eigenvalue weighted by Crippen LogP contribution is -2.27. The fourth-order valence-electron chi connectivity index (χ4n) is 1.79. The van der Waals surface area contributed by atoms with E-state index in [9.17, 15) is 0 Å². The van der Waals surface area contributed by atoms with Crippen LogP contribution in [0.3, 0.4) is 0 Å². The van der Waals surface area contributed by atoms with Crippen molar-refractivity contribution < 1.29 is 0 Å². The lowest BCUT2D eigenvalue weighted by molar-refractivity contribution is 0.197. The molecule has 1 aromatic carbocycles. The van der Waals surface area contributed by atoms with Crippen molar-refractivity contribution in [3.05, 3.63) is 24.3 Å². The summed E-state index contributed by atoms with van der Waals surface area (Å²) < 4.78 is 0. The Morgan fingerprint density at radius 2 is 2.21 bits per heavy atom. The zero-order valence-electron chi connectivity index (χ0n) is 8.62. The first-order valence-corrected chi connectivity index (χ1v) is 6.15. The van der Waals surface area contributed by atoms with Gasteiger partial charge < -0.3 is 5.73 Å². The van der Waals surface area contributed by atoms with E-state index in [0.29, 0.717) is 5.41 Å². The smallest absolute Gasteiger partial charge is 0.0325 e. The predicted molar refractivity (Wildman–Crippen MR) is 63.5 cm³/mol. The Morgan fingerprint density at radius 3 is 2.79 bits per heavy atom. The molecule has 1 aliphatic rings. The Bertz CT molecular complexity index is 318. The second-order valence-electron chi connectivity index (χ2n) is 4.53. The Labute approximate surface area is 90.1 Å². The van der Waals surface area contributed by atoms with Crippen molar-refractivity contribution in [1.29, 1.82) is 0 Å². The third-order valence-corrected chi connectivity index (χ3v) is 4.43. The van der Waals surface area contributed by atoms with Crippen molar-refractivity contribution in [2.75, 3.05) is 11.5 Å². The van der Waals surface area contributed by atoms with E-state index in [2.05, 4.69) is 19.1 Å². The molecule has 0 aliphatic heterocycles. The van der Waals surface area contributed by atoms with E-state index in [1.54, 1.807) is 0 Å². The standard InChI is InChI=1S/C12H17NS/c1-12(6-3-7-12)9-14-11-5-2-4-10(13)8-11/h2,4-5,8H,3,6-7,9,13H2,1H3. The van der Waals surface area contributed by atoms with Crippen LogP contribution in [0.5, 0.6) is 0 Å². The summed E-state index contributed by atoms with van der Waals surface area (Å²) in [4.78, 5) is 1.30. The molecular weight excluding hydrogens is 190 g/mol. The van der Waals surface area contributed by atoms with Crippen molar-refractivity contribution in [2.45, 2.75) is 31.1 Å². The average molecular weight is 207 g/mol. The molecule has 1 aromatic rings. The summed E-state index contributed by atoms with van der Waals surface area (Å²) in [5.74, 6) is 1.23. The summed E-state index contributed by atoms with van der Waals surface area (Å²) >= 11 is 1.94. The molecule has 0 atom stereocenters. The molecule has 1 nitrogen and oxygen atoms in total. The summed E-state index contributed by atoms with van der Waals surface area (Å²) in [5, 5.41) is 0. The van der Waals surface area contributed by atoms with Crippen LogP contribution < -0.4 is 5.73 Å². The van der Waals surface area contributed by atoms with Crippen LogP contribution in [0.1, 0.15) is 26.2 Å². The highest BCUT2D eigenvalue weighted by Crippen LogP contribution is 2.44. The Kier molecular flexibility index (Phi) is 2.73. The number of rotatable bonds is 3. The maximum Gasteiger partial charge on any atom is 0.0325 e. The van der Waals surface area contributed by atoms with Gasteiger partial charge >= 0.3 is 0 Å². The molecule has 14 heavy (non-hydrogen) atoms. The van der Waals surface area contributed by atoms with Gasteiger partial charge in [0.05, 0.1) is 0 Å². The number of nitrogens with two attached hydrogens (primary N) is 1. The average Bonchev–Trinajstić information content (AvgIpc) is 2.12. The van der Waals surface area contributed by atoms with E-state index < -0.39 is 0 Å². The molecule has 0 spiro atoms. The van der Waals surface area contributed by atoms with Crippen molar-refractivity contribution in [3.63, 3.8) is 0 Å². The van der Waals surface area contributed by atoms with E-state index >= 15 is 0 Å². The number of anilines is 1. The third kappa shape index (κ3) is 2.24. The number of hydrogen-bond donors (Lipinski definition) is 1. The lowest BCUT2D eigenvalue weighted by atomic mass is 9.72. The van der Waals surface area contributed by atoms with Gasteiger partial charge in [-0.05, 0) is 36.5 Å². The SMILES string of the molecule is CC1(CSc2cccc(N)c2)CCC1. The molecule has 0 unspecified atom stereocenters. The van der Waals surface area contributed by atoms with Crippen LogP contribution in [0.4, 0.5) is 5.69 Å². The second kappa shape index (κ2) is 3.85. The largest absolute Gasteiger partial charge is 0.399 e. The maximum absolute atomic E-state index is 5.73. The zero-order valence-corrected chi connectivity index (χ0v) is 9.44. The molecule has 0 bridgehead atoms. The second-order valence-corrected chi connectivity index (χ2v) is 5.57. The highest BCUT2D eigenvalue weighted by atomic mass is 32.2. The first-order valence-electron chi connectivity index (χ1n) is 5.16. The molecule has 1 fully saturated rings. The third-order valence-electron chi connectivity index (χ3n) is 3.01. The maximum atomic E-state index is 5.73. The Balaban J connectivity index is 1.91. The van der Waals surface area contributed by atoms with Crippen molar-refractivity contribution in [3.8, 4) is 0 Å². The summed E-state index contributed by atoms with van der Waals surface area (Å²) in [6.07, 6.45) is 4.19. The number of hydrogen-bond acceptors (Lipinski definition) is 2. The summed E-state index contributed by atoms with van der Waals surface area (Å²) in [7, 11) is 0. The molecule has 2 heteroatoms. The van der Waals surface area contributed by atoms with Gasteiger partial charge in [0.25, 0.3) is 0 Å². The highest BCUT2D eigenvalue weighted by molar-refractivity contribution is 7.99. The summed E-state index contributed by atoms with van der Waals surface area (Å²) in [6, 6.07) is 8.17. The quantitative estimate of drug-likeness (QED) is 0.606. The van der Waals surface area contributed by atoms with Gasteiger partial charge in [-0.1, -0.05) is 19.4 Å². The fourth-order valence-corrected chi connectivity index (χ4v) is 2.98. The topological polar surface area (TPSA) is 26.0 Å². The minimum Gasteiger partial charge on any atom is -0.399 e. The molecule has 0 amide bonds. The van der Waals surface area contributed by atoms with Crippen LogP contribution >= 0.6 is 11.8 Å². The van der Waals surface area contributed by atoms with Gasteiger partial charge in [0.2, 0.25) is 0 Å². The molecule has 0 heterocycles. The van der Waals surface area contributed by atoms with E-state index in [4.69, 9.17) is 5.73 Å². The number of thioether (sulfide) groups is 1. The minimum atomic E-state index is 0.593. The van der Waals surface area contributed by atoms with Crippen LogP contribution in [-0.4, -0.2) is 5.75 Å². The van der Waals surface area contributed by atoms with Gasteiger partial charge in [0.15, 0.2) is 0 Å². The van der Waals surface area contributed by atoms with Crippen LogP contribution in [-0.2, 0) is 0 Å². The van der Waals surface area contributed by atoms with E-state index in [1.807, 2.05) is 23.9 Å². The Hall–Kier alpha value is -0.630.